The fraction of sp³-hybridized carbons (Fsp3) is 0.800. The van der Waals surface area contributed by atoms with Crippen molar-refractivity contribution in [2.24, 2.45) is 5.73 Å². The Bertz CT molecular complexity index is 150. The summed E-state index contributed by atoms with van der Waals surface area (Å²) < 4.78 is 5.49. The third-order valence-electron chi connectivity index (χ3n) is 2.47. The predicted octanol–water partition coefficient (Wildman–Crippen LogP) is 1.85. The summed E-state index contributed by atoms with van der Waals surface area (Å²) in [6, 6.07) is 0.167. The maximum atomic E-state index is 5.97. The molecule has 70 valence electrons. The van der Waals surface area contributed by atoms with E-state index in [-0.39, 0.29) is 12.1 Å². The number of ether oxygens (including phenoxy) is 1. The topological polar surface area (TPSA) is 35.2 Å². The van der Waals surface area contributed by atoms with Crippen LogP contribution in [-0.4, -0.2) is 18.8 Å². The Kier molecular flexibility index (Phi) is 3.76. The fourth-order valence-corrected chi connectivity index (χ4v) is 1.55. The monoisotopic (exact) mass is 169 g/mol. The molecular formula is C10H19NO. The standard InChI is InChI=1S/C10H19NO/c1-3-8(2)7-9(11)10-5-4-6-12-10/h9-10H,2-7,11H2,1H3. The van der Waals surface area contributed by atoms with Crippen LogP contribution in [0.4, 0.5) is 0 Å². The number of rotatable bonds is 4. The van der Waals surface area contributed by atoms with E-state index in [4.69, 9.17) is 10.5 Å². The quantitative estimate of drug-likeness (QED) is 0.652. The molecule has 2 atom stereocenters. The minimum Gasteiger partial charge on any atom is -0.377 e. The van der Waals surface area contributed by atoms with Gasteiger partial charge in [0.1, 0.15) is 0 Å². The molecule has 1 aliphatic rings. The van der Waals surface area contributed by atoms with E-state index < -0.39 is 0 Å². The molecule has 12 heavy (non-hydrogen) atoms. The van der Waals surface area contributed by atoms with Gasteiger partial charge in [-0.2, -0.15) is 0 Å². The highest BCUT2D eigenvalue weighted by atomic mass is 16.5. The molecule has 1 rings (SSSR count). The SMILES string of the molecule is C=C(CC)CC(N)C1CCCO1. The molecule has 1 aliphatic heterocycles. The number of hydrogen-bond donors (Lipinski definition) is 1. The Morgan fingerprint density at radius 2 is 2.50 bits per heavy atom. The van der Waals surface area contributed by atoms with Crippen LogP contribution in [0, 0.1) is 0 Å². The lowest BCUT2D eigenvalue weighted by molar-refractivity contribution is 0.0899. The summed E-state index contributed by atoms with van der Waals surface area (Å²) in [6.07, 6.45) is 4.52. The molecule has 1 saturated heterocycles. The fourth-order valence-electron chi connectivity index (χ4n) is 1.55. The summed E-state index contributed by atoms with van der Waals surface area (Å²) in [6.45, 7) is 6.95. The third-order valence-corrected chi connectivity index (χ3v) is 2.47. The summed E-state index contributed by atoms with van der Waals surface area (Å²) in [5.74, 6) is 0. The van der Waals surface area contributed by atoms with Gasteiger partial charge in [0.15, 0.2) is 0 Å². The minimum atomic E-state index is 0.167. The zero-order valence-corrected chi connectivity index (χ0v) is 7.88. The van der Waals surface area contributed by atoms with Gasteiger partial charge in [-0.05, 0) is 25.7 Å². The van der Waals surface area contributed by atoms with E-state index in [0.29, 0.717) is 0 Å². The molecule has 0 spiro atoms. The van der Waals surface area contributed by atoms with Crippen molar-refractivity contribution < 1.29 is 4.74 Å². The first-order valence-electron chi connectivity index (χ1n) is 4.78. The van der Waals surface area contributed by atoms with E-state index in [1.54, 1.807) is 0 Å². The summed E-state index contributed by atoms with van der Waals surface area (Å²) in [5, 5.41) is 0. The van der Waals surface area contributed by atoms with Gasteiger partial charge in [-0.25, -0.2) is 0 Å². The molecular weight excluding hydrogens is 150 g/mol. The molecule has 2 nitrogen and oxygen atoms in total. The van der Waals surface area contributed by atoms with E-state index >= 15 is 0 Å². The molecule has 2 heteroatoms. The largest absolute Gasteiger partial charge is 0.377 e. The molecule has 0 bridgehead atoms. The average Bonchev–Trinajstić information content (AvgIpc) is 2.56. The molecule has 2 N–H and O–H groups in total. The maximum Gasteiger partial charge on any atom is 0.0729 e. The summed E-state index contributed by atoms with van der Waals surface area (Å²) in [7, 11) is 0. The molecule has 0 aromatic carbocycles. The summed E-state index contributed by atoms with van der Waals surface area (Å²) >= 11 is 0. The predicted molar refractivity (Wildman–Crippen MR) is 51.0 cm³/mol. The first kappa shape index (κ1) is 9.75. The molecule has 0 radical (unpaired) electrons. The zero-order chi connectivity index (χ0) is 8.97. The van der Waals surface area contributed by atoms with Crippen molar-refractivity contribution in [1.82, 2.24) is 0 Å². The first-order chi connectivity index (χ1) is 5.74. The van der Waals surface area contributed by atoms with Crippen molar-refractivity contribution in [3.8, 4) is 0 Å². The second kappa shape index (κ2) is 4.63. The van der Waals surface area contributed by atoms with Gasteiger partial charge in [-0.15, -0.1) is 0 Å². The van der Waals surface area contributed by atoms with E-state index in [0.717, 1.165) is 32.3 Å². The van der Waals surface area contributed by atoms with Crippen LogP contribution < -0.4 is 5.73 Å². The van der Waals surface area contributed by atoms with Crippen LogP contribution >= 0.6 is 0 Å². The first-order valence-corrected chi connectivity index (χ1v) is 4.78. The van der Waals surface area contributed by atoms with Crippen LogP contribution in [0.25, 0.3) is 0 Å². The highest BCUT2D eigenvalue weighted by Crippen LogP contribution is 2.18. The minimum absolute atomic E-state index is 0.167. The lowest BCUT2D eigenvalue weighted by Gasteiger charge is -2.18. The van der Waals surface area contributed by atoms with Gasteiger partial charge in [0.05, 0.1) is 6.10 Å². The van der Waals surface area contributed by atoms with Crippen molar-refractivity contribution in [2.75, 3.05) is 6.61 Å². The van der Waals surface area contributed by atoms with E-state index in [9.17, 15) is 0 Å². The van der Waals surface area contributed by atoms with Crippen molar-refractivity contribution in [3.05, 3.63) is 12.2 Å². The molecule has 1 heterocycles. The molecule has 1 fully saturated rings. The van der Waals surface area contributed by atoms with Crippen LogP contribution in [0.3, 0.4) is 0 Å². The molecule has 0 aliphatic carbocycles. The van der Waals surface area contributed by atoms with Crippen LogP contribution in [0.5, 0.6) is 0 Å². The molecule has 0 amide bonds. The molecule has 0 aromatic heterocycles. The molecule has 0 saturated carbocycles. The van der Waals surface area contributed by atoms with Crippen molar-refractivity contribution in [1.29, 1.82) is 0 Å². The van der Waals surface area contributed by atoms with Crippen LogP contribution in [0.15, 0.2) is 12.2 Å². The maximum absolute atomic E-state index is 5.97. The second-order valence-electron chi connectivity index (χ2n) is 3.52. The Labute approximate surface area is 74.8 Å². The second-order valence-corrected chi connectivity index (χ2v) is 3.52. The lowest BCUT2D eigenvalue weighted by atomic mass is 10.00. The number of nitrogens with two attached hydrogens (primary N) is 1. The highest BCUT2D eigenvalue weighted by molar-refractivity contribution is 4.98. The highest BCUT2D eigenvalue weighted by Gasteiger charge is 2.22. The van der Waals surface area contributed by atoms with Crippen molar-refractivity contribution in [2.45, 2.75) is 44.8 Å². The Balaban J connectivity index is 2.26. The van der Waals surface area contributed by atoms with Crippen molar-refractivity contribution >= 4 is 0 Å². The Morgan fingerprint density at radius 3 is 3.00 bits per heavy atom. The van der Waals surface area contributed by atoms with Gasteiger partial charge in [0, 0.05) is 12.6 Å². The van der Waals surface area contributed by atoms with E-state index in [1.807, 2.05) is 0 Å². The Morgan fingerprint density at radius 1 is 1.75 bits per heavy atom. The normalized spacial score (nSPS) is 25.7. The van der Waals surface area contributed by atoms with Gasteiger partial charge < -0.3 is 10.5 Å². The van der Waals surface area contributed by atoms with Crippen LogP contribution in [0.1, 0.15) is 32.6 Å². The third kappa shape index (κ3) is 2.61. The summed E-state index contributed by atoms with van der Waals surface area (Å²) in [4.78, 5) is 0. The Hall–Kier alpha value is -0.340. The van der Waals surface area contributed by atoms with Gasteiger partial charge in [0.25, 0.3) is 0 Å². The van der Waals surface area contributed by atoms with Crippen LogP contribution in [0.2, 0.25) is 0 Å². The lowest BCUT2D eigenvalue weighted by Crippen LogP contribution is -2.34. The summed E-state index contributed by atoms with van der Waals surface area (Å²) in [5.41, 5.74) is 7.20. The van der Waals surface area contributed by atoms with E-state index in [2.05, 4.69) is 13.5 Å². The average molecular weight is 169 g/mol. The zero-order valence-electron chi connectivity index (χ0n) is 7.88. The number of hydrogen-bond acceptors (Lipinski definition) is 2. The van der Waals surface area contributed by atoms with Crippen molar-refractivity contribution in [3.63, 3.8) is 0 Å². The van der Waals surface area contributed by atoms with Gasteiger partial charge in [-0.3, -0.25) is 0 Å². The van der Waals surface area contributed by atoms with Gasteiger partial charge in [-0.1, -0.05) is 19.1 Å². The molecule has 0 aromatic rings. The van der Waals surface area contributed by atoms with Gasteiger partial charge >= 0.3 is 0 Å². The molecule has 2 unspecified atom stereocenters. The van der Waals surface area contributed by atoms with Crippen LogP contribution in [-0.2, 0) is 4.74 Å². The van der Waals surface area contributed by atoms with E-state index in [1.165, 1.54) is 5.57 Å². The smallest absolute Gasteiger partial charge is 0.0729 e. The van der Waals surface area contributed by atoms with Gasteiger partial charge in [0.2, 0.25) is 0 Å².